The number of benzene rings is 1. The largest absolute Gasteiger partial charge is 0.339 e. The van der Waals surface area contributed by atoms with Gasteiger partial charge >= 0.3 is 0 Å². The van der Waals surface area contributed by atoms with Crippen molar-refractivity contribution in [2.45, 2.75) is 38.5 Å². The molecule has 1 saturated carbocycles. The van der Waals surface area contributed by atoms with E-state index in [1.54, 1.807) is 4.90 Å². The smallest absolute Gasteiger partial charge is 0.228 e. The van der Waals surface area contributed by atoms with Crippen LogP contribution < -0.4 is 4.90 Å². The number of anilines is 1. The van der Waals surface area contributed by atoms with Crippen LogP contribution in [0.5, 0.6) is 0 Å². The molecule has 1 unspecified atom stereocenters. The molecule has 4 rings (SSSR count). The summed E-state index contributed by atoms with van der Waals surface area (Å²) in [5, 5.41) is 0. The zero-order chi connectivity index (χ0) is 21.3. The van der Waals surface area contributed by atoms with E-state index >= 15 is 0 Å². The Hall–Kier alpha value is -2.51. The maximum Gasteiger partial charge on any atom is 0.228 e. The topological polar surface area (TPSA) is 60.9 Å². The second-order valence-corrected chi connectivity index (χ2v) is 8.59. The van der Waals surface area contributed by atoms with Gasteiger partial charge in [0.1, 0.15) is 11.6 Å². The molecule has 0 aromatic heterocycles. The van der Waals surface area contributed by atoms with E-state index in [1.165, 1.54) is 17.7 Å². The number of hydrogen-bond acceptors (Lipinski definition) is 3. The third kappa shape index (κ3) is 4.47. The van der Waals surface area contributed by atoms with E-state index in [1.807, 2.05) is 4.90 Å². The maximum absolute atomic E-state index is 13.5. The number of hydrogen-bond donors (Lipinski definition) is 0. The minimum Gasteiger partial charge on any atom is -0.339 e. The molecule has 2 aliphatic heterocycles. The molecular weight excluding hydrogens is 392 g/mol. The Bertz CT molecular complexity index is 813. The fourth-order valence-corrected chi connectivity index (χ4v) is 4.84. The second kappa shape index (κ2) is 8.70. The van der Waals surface area contributed by atoms with Gasteiger partial charge in [-0.3, -0.25) is 14.4 Å². The molecule has 162 valence electrons. The van der Waals surface area contributed by atoms with Gasteiger partial charge in [0.25, 0.3) is 0 Å². The minimum absolute atomic E-state index is 0.0256. The summed E-state index contributed by atoms with van der Waals surface area (Å²) in [4.78, 5) is 42.6. The molecule has 8 heteroatoms. The monoisotopic (exact) mass is 419 g/mol. The molecule has 0 radical (unpaired) electrons. The fourth-order valence-electron chi connectivity index (χ4n) is 4.84. The SMILES string of the molecule is O=C(CC1CCCC1)N1CCN(C(=O)C2CC(=O)N(c3cc(F)cc(F)c3)C2)CC1. The standard InChI is InChI=1S/C22H27F2N3O3/c23-17-11-18(24)13-19(12-17)27-14-16(10-21(27)29)22(30)26-7-5-25(6-8-26)20(28)9-15-3-1-2-4-15/h11-13,15-16H,1-10,14H2. The van der Waals surface area contributed by atoms with Crippen LogP contribution in [0.1, 0.15) is 38.5 Å². The Morgan fingerprint density at radius 3 is 2.17 bits per heavy atom. The van der Waals surface area contributed by atoms with Crippen molar-refractivity contribution in [1.82, 2.24) is 9.80 Å². The van der Waals surface area contributed by atoms with E-state index in [4.69, 9.17) is 0 Å². The molecule has 3 fully saturated rings. The number of halogens is 2. The maximum atomic E-state index is 13.5. The van der Waals surface area contributed by atoms with Gasteiger partial charge in [-0.2, -0.15) is 0 Å². The highest BCUT2D eigenvalue weighted by Gasteiger charge is 2.38. The third-order valence-electron chi connectivity index (χ3n) is 6.52. The first-order chi connectivity index (χ1) is 14.4. The Labute approximate surface area is 174 Å². The van der Waals surface area contributed by atoms with Crippen LogP contribution in [0, 0.1) is 23.5 Å². The van der Waals surface area contributed by atoms with E-state index in [2.05, 4.69) is 0 Å². The molecule has 3 aliphatic rings. The zero-order valence-electron chi connectivity index (χ0n) is 17.0. The van der Waals surface area contributed by atoms with E-state index in [0.29, 0.717) is 38.5 Å². The Morgan fingerprint density at radius 2 is 1.53 bits per heavy atom. The van der Waals surface area contributed by atoms with Crippen molar-refractivity contribution < 1.29 is 23.2 Å². The highest BCUT2D eigenvalue weighted by molar-refractivity contribution is 6.00. The van der Waals surface area contributed by atoms with E-state index in [0.717, 1.165) is 31.0 Å². The zero-order valence-corrected chi connectivity index (χ0v) is 17.0. The van der Waals surface area contributed by atoms with Crippen LogP contribution in [0.4, 0.5) is 14.5 Å². The lowest BCUT2D eigenvalue weighted by Gasteiger charge is -2.36. The van der Waals surface area contributed by atoms with Crippen molar-refractivity contribution >= 4 is 23.4 Å². The summed E-state index contributed by atoms with van der Waals surface area (Å²) in [6, 6.07) is 2.95. The highest BCUT2D eigenvalue weighted by Crippen LogP contribution is 2.29. The molecule has 0 N–H and O–H groups in total. The average Bonchev–Trinajstić information content (AvgIpc) is 3.36. The quantitative estimate of drug-likeness (QED) is 0.754. The normalized spacial score (nSPS) is 22.8. The van der Waals surface area contributed by atoms with Gasteiger partial charge in [-0.1, -0.05) is 12.8 Å². The van der Waals surface area contributed by atoms with Gasteiger partial charge in [0.05, 0.1) is 5.92 Å². The van der Waals surface area contributed by atoms with E-state index < -0.39 is 17.6 Å². The molecule has 1 aliphatic carbocycles. The van der Waals surface area contributed by atoms with Gasteiger partial charge in [-0.05, 0) is 30.9 Å². The summed E-state index contributed by atoms with van der Waals surface area (Å²) < 4.78 is 27.0. The molecule has 6 nitrogen and oxygen atoms in total. The third-order valence-corrected chi connectivity index (χ3v) is 6.52. The molecule has 2 saturated heterocycles. The van der Waals surface area contributed by atoms with Crippen molar-refractivity contribution in [2.24, 2.45) is 11.8 Å². The molecule has 1 aromatic rings. The molecule has 1 atom stereocenters. The van der Waals surface area contributed by atoms with Crippen molar-refractivity contribution in [3.63, 3.8) is 0 Å². The molecule has 2 heterocycles. The second-order valence-electron chi connectivity index (χ2n) is 8.59. The summed E-state index contributed by atoms with van der Waals surface area (Å²) in [6.45, 7) is 2.04. The van der Waals surface area contributed by atoms with Crippen LogP contribution >= 0.6 is 0 Å². The predicted octanol–water partition coefficient (Wildman–Crippen LogP) is 2.57. The van der Waals surface area contributed by atoms with Crippen LogP contribution in [-0.2, 0) is 14.4 Å². The summed E-state index contributed by atoms with van der Waals surface area (Å²) >= 11 is 0. The Morgan fingerprint density at radius 1 is 0.933 bits per heavy atom. The van der Waals surface area contributed by atoms with Gasteiger partial charge in [0, 0.05) is 57.3 Å². The first kappa shape index (κ1) is 20.8. The van der Waals surface area contributed by atoms with E-state index in [9.17, 15) is 23.2 Å². The van der Waals surface area contributed by atoms with Crippen molar-refractivity contribution in [2.75, 3.05) is 37.6 Å². The number of nitrogens with zero attached hydrogens (tertiary/aromatic N) is 3. The van der Waals surface area contributed by atoms with Crippen LogP contribution in [0.25, 0.3) is 0 Å². The number of amides is 3. The first-order valence-corrected chi connectivity index (χ1v) is 10.7. The van der Waals surface area contributed by atoms with Crippen molar-refractivity contribution in [3.8, 4) is 0 Å². The first-order valence-electron chi connectivity index (χ1n) is 10.7. The Kier molecular flexibility index (Phi) is 6.01. The predicted molar refractivity (Wildman–Crippen MR) is 107 cm³/mol. The Balaban J connectivity index is 1.31. The number of rotatable bonds is 4. The van der Waals surface area contributed by atoms with Gasteiger partial charge < -0.3 is 14.7 Å². The number of carbonyl (C=O) groups excluding carboxylic acids is 3. The van der Waals surface area contributed by atoms with Gasteiger partial charge in [-0.25, -0.2) is 8.78 Å². The lowest BCUT2D eigenvalue weighted by atomic mass is 10.0. The molecule has 0 spiro atoms. The molecule has 3 amide bonds. The lowest BCUT2D eigenvalue weighted by Crippen LogP contribution is -2.52. The molecule has 0 bridgehead atoms. The van der Waals surface area contributed by atoms with Crippen LogP contribution in [0.2, 0.25) is 0 Å². The molecule has 30 heavy (non-hydrogen) atoms. The van der Waals surface area contributed by atoms with Crippen LogP contribution in [0.15, 0.2) is 18.2 Å². The van der Waals surface area contributed by atoms with Crippen LogP contribution in [-0.4, -0.2) is 60.2 Å². The number of carbonyl (C=O) groups is 3. The summed E-state index contributed by atoms with van der Waals surface area (Å²) in [6.07, 6.45) is 5.30. The summed E-state index contributed by atoms with van der Waals surface area (Å²) in [5.41, 5.74) is 0.134. The van der Waals surface area contributed by atoms with Crippen molar-refractivity contribution in [3.05, 3.63) is 29.8 Å². The number of piperazine rings is 1. The van der Waals surface area contributed by atoms with Crippen molar-refractivity contribution in [1.29, 1.82) is 0 Å². The highest BCUT2D eigenvalue weighted by atomic mass is 19.1. The molecule has 1 aromatic carbocycles. The summed E-state index contributed by atoms with van der Waals surface area (Å²) in [7, 11) is 0. The average molecular weight is 419 g/mol. The van der Waals surface area contributed by atoms with E-state index in [-0.39, 0.29) is 36.4 Å². The summed E-state index contributed by atoms with van der Waals surface area (Å²) in [5.74, 6) is -1.83. The van der Waals surface area contributed by atoms with Gasteiger partial charge in [-0.15, -0.1) is 0 Å². The lowest BCUT2D eigenvalue weighted by molar-refractivity contribution is -0.142. The van der Waals surface area contributed by atoms with Crippen LogP contribution in [0.3, 0.4) is 0 Å². The van der Waals surface area contributed by atoms with Gasteiger partial charge in [0.2, 0.25) is 17.7 Å². The van der Waals surface area contributed by atoms with Gasteiger partial charge in [0.15, 0.2) is 0 Å². The molecular formula is C22H27F2N3O3. The minimum atomic E-state index is -0.758. The fraction of sp³-hybridized carbons (Fsp3) is 0.591.